The highest BCUT2D eigenvalue weighted by atomic mass is 35.5. The molecule has 0 aromatic carbocycles. The van der Waals surface area contributed by atoms with Gasteiger partial charge in [0.15, 0.2) is 0 Å². The van der Waals surface area contributed by atoms with Crippen LogP contribution in [-0.4, -0.2) is 17.8 Å². The maximum absolute atomic E-state index is 8.42. The van der Waals surface area contributed by atoms with Crippen LogP contribution in [0.2, 0.25) is 0 Å². The molecule has 0 saturated carbocycles. The SMILES string of the molecule is C=CC(O)CN.Cl. The quantitative estimate of drug-likeness (QED) is 0.505. The number of halogens is 1. The van der Waals surface area contributed by atoms with Crippen molar-refractivity contribution in [3.63, 3.8) is 0 Å². The highest BCUT2D eigenvalue weighted by Crippen LogP contribution is 1.73. The molecule has 2 nitrogen and oxygen atoms in total. The molecule has 0 aliphatic rings. The Morgan fingerprint density at radius 3 is 2.29 bits per heavy atom. The first-order valence-corrected chi connectivity index (χ1v) is 1.82. The van der Waals surface area contributed by atoms with Gasteiger partial charge in [-0.25, -0.2) is 0 Å². The Bertz CT molecular complexity index is 49.0. The van der Waals surface area contributed by atoms with Crippen molar-refractivity contribution in [3.05, 3.63) is 12.7 Å². The summed E-state index contributed by atoms with van der Waals surface area (Å²) in [5.41, 5.74) is 4.96. The second-order valence-electron chi connectivity index (χ2n) is 1.04. The summed E-state index contributed by atoms with van der Waals surface area (Å²) < 4.78 is 0. The van der Waals surface area contributed by atoms with Crippen LogP contribution in [0.5, 0.6) is 0 Å². The van der Waals surface area contributed by atoms with Crippen molar-refractivity contribution in [3.8, 4) is 0 Å². The van der Waals surface area contributed by atoms with Crippen molar-refractivity contribution in [2.75, 3.05) is 6.54 Å². The Labute approximate surface area is 49.4 Å². The number of rotatable bonds is 2. The predicted octanol–water partition coefficient (Wildman–Crippen LogP) is -0.0862. The van der Waals surface area contributed by atoms with Gasteiger partial charge in [0, 0.05) is 6.54 Å². The Morgan fingerprint density at radius 2 is 2.29 bits per heavy atom. The normalized spacial score (nSPS) is 11.7. The lowest BCUT2D eigenvalue weighted by atomic mass is 10.4. The fourth-order valence-corrected chi connectivity index (χ4v) is 0.0962. The average Bonchev–Trinajstić information content (AvgIpc) is 1.65. The molecular formula is C4H10ClNO. The Morgan fingerprint density at radius 1 is 1.86 bits per heavy atom. The lowest BCUT2D eigenvalue weighted by Gasteiger charge is -1.93. The Balaban J connectivity index is 0. The molecule has 0 radical (unpaired) electrons. The molecule has 0 heterocycles. The highest BCUT2D eigenvalue weighted by Gasteiger charge is 1.86. The maximum atomic E-state index is 8.42. The van der Waals surface area contributed by atoms with Gasteiger partial charge in [0.1, 0.15) is 0 Å². The van der Waals surface area contributed by atoms with Gasteiger partial charge < -0.3 is 10.8 Å². The first-order chi connectivity index (χ1) is 2.81. The van der Waals surface area contributed by atoms with Gasteiger partial charge in [0.25, 0.3) is 0 Å². The third kappa shape index (κ3) is 5.95. The fraction of sp³-hybridized carbons (Fsp3) is 0.500. The number of aliphatic hydroxyl groups excluding tert-OH is 1. The van der Waals surface area contributed by atoms with E-state index in [0.29, 0.717) is 0 Å². The van der Waals surface area contributed by atoms with Crippen LogP contribution in [0.3, 0.4) is 0 Å². The molecule has 0 aliphatic heterocycles. The fourth-order valence-electron chi connectivity index (χ4n) is 0.0962. The molecule has 0 saturated heterocycles. The lowest BCUT2D eigenvalue weighted by molar-refractivity contribution is 0.232. The number of aliphatic hydroxyl groups is 1. The van der Waals surface area contributed by atoms with E-state index in [1.807, 2.05) is 0 Å². The molecule has 0 aliphatic carbocycles. The summed E-state index contributed by atoms with van der Waals surface area (Å²) in [6.45, 7) is 3.57. The zero-order valence-corrected chi connectivity index (χ0v) is 4.82. The second-order valence-corrected chi connectivity index (χ2v) is 1.04. The van der Waals surface area contributed by atoms with E-state index >= 15 is 0 Å². The average molecular weight is 124 g/mol. The van der Waals surface area contributed by atoms with Crippen LogP contribution in [0, 0.1) is 0 Å². The molecule has 44 valence electrons. The van der Waals surface area contributed by atoms with Gasteiger partial charge in [-0.05, 0) is 0 Å². The number of nitrogens with two attached hydrogens (primary N) is 1. The smallest absolute Gasteiger partial charge is 0.0840 e. The molecule has 0 fully saturated rings. The summed E-state index contributed by atoms with van der Waals surface area (Å²) in [4.78, 5) is 0. The van der Waals surface area contributed by atoms with Gasteiger partial charge in [-0.15, -0.1) is 19.0 Å². The molecular weight excluding hydrogens is 114 g/mol. The molecule has 0 rings (SSSR count). The summed E-state index contributed by atoms with van der Waals surface area (Å²) in [6.07, 6.45) is 0.880. The standard InChI is InChI=1S/C4H9NO.ClH/c1-2-4(6)3-5;/h2,4,6H,1,3,5H2;1H. The Kier molecular flexibility index (Phi) is 8.54. The maximum Gasteiger partial charge on any atom is 0.0840 e. The third-order valence-corrected chi connectivity index (χ3v) is 0.514. The molecule has 7 heavy (non-hydrogen) atoms. The molecule has 3 heteroatoms. The van der Waals surface area contributed by atoms with Crippen molar-refractivity contribution < 1.29 is 5.11 Å². The van der Waals surface area contributed by atoms with Crippen LogP contribution < -0.4 is 5.73 Å². The van der Waals surface area contributed by atoms with Gasteiger partial charge >= 0.3 is 0 Å². The zero-order valence-electron chi connectivity index (χ0n) is 4.00. The van der Waals surface area contributed by atoms with Gasteiger partial charge in [-0.3, -0.25) is 0 Å². The first-order valence-electron chi connectivity index (χ1n) is 1.82. The van der Waals surface area contributed by atoms with E-state index in [2.05, 4.69) is 6.58 Å². The molecule has 0 spiro atoms. The van der Waals surface area contributed by atoms with Crippen LogP contribution in [0.25, 0.3) is 0 Å². The van der Waals surface area contributed by atoms with E-state index in [1.54, 1.807) is 0 Å². The molecule has 0 aromatic heterocycles. The largest absolute Gasteiger partial charge is 0.388 e. The predicted molar refractivity (Wildman–Crippen MR) is 32.5 cm³/mol. The molecule has 0 bridgehead atoms. The van der Waals surface area contributed by atoms with E-state index < -0.39 is 6.10 Å². The van der Waals surface area contributed by atoms with Crippen LogP contribution in [0.1, 0.15) is 0 Å². The summed E-state index contributed by atoms with van der Waals surface area (Å²) >= 11 is 0. The zero-order chi connectivity index (χ0) is 4.99. The third-order valence-electron chi connectivity index (χ3n) is 0.514. The van der Waals surface area contributed by atoms with E-state index in [0.717, 1.165) is 0 Å². The van der Waals surface area contributed by atoms with Crippen LogP contribution >= 0.6 is 12.4 Å². The molecule has 1 unspecified atom stereocenters. The molecule has 1 atom stereocenters. The summed E-state index contributed by atoms with van der Waals surface area (Å²) in [5, 5.41) is 8.42. The highest BCUT2D eigenvalue weighted by molar-refractivity contribution is 5.85. The lowest BCUT2D eigenvalue weighted by Crippen LogP contribution is -2.15. The van der Waals surface area contributed by atoms with E-state index in [9.17, 15) is 0 Å². The number of hydrogen-bond donors (Lipinski definition) is 2. The van der Waals surface area contributed by atoms with Crippen molar-refractivity contribution in [2.24, 2.45) is 5.73 Å². The van der Waals surface area contributed by atoms with Crippen LogP contribution in [0.4, 0.5) is 0 Å². The first kappa shape index (κ1) is 10.0. The van der Waals surface area contributed by atoms with Crippen molar-refractivity contribution in [1.29, 1.82) is 0 Å². The van der Waals surface area contributed by atoms with Crippen molar-refractivity contribution in [1.82, 2.24) is 0 Å². The summed E-state index contributed by atoms with van der Waals surface area (Å²) in [7, 11) is 0. The van der Waals surface area contributed by atoms with Gasteiger partial charge in [-0.2, -0.15) is 0 Å². The molecule has 0 aromatic rings. The van der Waals surface area contributed by atoms with Gasteiger partial charge in [0.2, 0.25) is 0 Å². The topological polar surface area (TPSA) is 46.2 Å². The van der Waals surface area contributed by atoms with E-state index in [-0.39, 0.29) is 19.0 Å². The van der Waals surface area contributed by atoms with Crippen LogP contribution in [-0.2, 0) is 0 Å². The monoisotopic (exact) mass is 123 g/mol. The Hall–Kier alpha value is -0.0500. The van der Waals surface area contributed by atoms with Crippen molar-refractivity contribution >= 4 is 12.4 Å². The van der Waals surface area contributed by atoms with Gasteiger partial charge in [-0.1, -0.05) is 6.08 Å². The summed E-state index contributed by atoms with van der Waals surface area (Å²) in [6, 6.07) is 0. The molecule has 3 N–H and O–H groups in total. The molecule has 0 amide bonds. The minimum absolute atomic E-state index is 0. The van der Waals surface area contributed by atoms with Crippen LogP contribution in [0.15, 0.2) is 12.7 Å². The van der Waals surface area contributed by atoms with Gasteiger partial charge in [0.05, 0.1) is 6.10 Å². The second kappa shape index (κ2) is 5.95. The van der Waals surface area contributed by atoms with Crippen molar-refractivity contribution in [2.45, 2.75) is 6.10 Å². The minimum atomic E-state index is -0.523. The minimum Gasteiger partial charge on any atom is -0.388 e. The summed E-state index contributed by atoms with van der Waals surface area (Å²) in [5.74, 6) is 0. The number of hydrogen-bond acceptors (Lipinski definition) is 2. The van der Waals surface area contributed by atoms with E-state index in [1.165, 1.54) is 6.08 Å². The van der Waals surface area contributed by atoms with E-state index in [4.69, 9.17) is 10.8 Å².